The van der Waals surface area contributed by atoms with E-state index in [9.17, 15) is 24.9 Å². The highest BCUT2D eigenvalue weighted by molar-refractivity contribution is 6.03. The van der Waals surface area contributed by atoms with Gasteiger partial charge < -0.3 is 25.0 Å². The van der Waals surface area contributed by atoms with Crippen LogP contribution in [0.25, 0.3) is 22.0 Å². The van der Waals surface area contributed by atoms with Gasteiger partial charge in [0.1, 0.15) is 16.9 Å². The number of carbonyl (C=O) groups is 1. The first-order valence-electron chi connectivity index (χ1n) is 10.2. The molecule has 10 heteroatoms. The molecule has 4 aromatic rings. The van der Waals surface area contributed by atoms with Crippen molar-refractivity contribution in [1.29, 1.82) is 0 Å². The number of benzene rings is 2. The summed E-state index contributed by atoms with van der Waals surface area (Å²) in [7, 11) is 0. The van der Waals surface area contributed by atoms with Gasteiger partial charge in [-0.25, -0.2) is 10.4 Å². The van der Waals surface area contributed by atoms with E-state index in [0.29, 0.717) is 5.69 Å². The maximum atomic E-state index is 12.8. The number of carbonyl (C=O) groups excluding carboxylic acids is 1. The average molecular weight is 460 g/mol. The normalized spacial score (nSPS) is 11.1. The first-order chi connectivity index (χ1) is 16.4. The van der Waals surface area contributed by atoms with Crippen molar-refractivity contribution in [3.8, 4) is 34.4 Å². The number of ether oxygens (including phenoxy) is 1. The third-order valence-electron chi connectivity index (χ3n) is 4.91. The molecule has 4 rings (SSSR count). The van der Waals surface area contributed by atoms with Crippen molar-refractivity contribution >= 4 is 22.9 Å². The molecule has 0 saturated heterocycles. The van der Waals surface area contributed by atoms with Crippen molar-refractivity contribution in [2.75, 3.05) is 6.61 Å². The van der Waals surface area contributed by atoms with E-state index in [1.807, 2.05) is 30.3 Å². The van der Waals surface area contributed by atoms with Gasteiger partial charge >= 0.3 is 0 Å². The first kappa shape index (κ1) is 22.3. The summed E-state index contributed by atoms with van der Waals surface area (Å²) in [6, 6.07) is 14.5. The Morgan fingerprint density at radius 1 is 1.15 bits per heavy atom. The second-order valence-electron chi connectivity index (χ2n) is 7.15. The molecule has 34 heavy (non-hydrogen) atoms. The lowest BCUT2D eigenvalue weighted by Gasteiger charge is -2.12. The van der Waals surface area contributed by atoms with Gasteiger partial charge in [0.15, 0.2) is 11.4 Å². The molecular formula is C24H20N4O6. The van der Waals surface area contributed by atoms with Crippen LogP contribution in [0.2, 0.25) is 0 Å². The van der Waals surface area contributed by atoms with Crippen molar-refractivity contribution in [1.82, 2.24) is 15.4 Å². The standard InChI is InChI=1S/C24H20N4O6/c1-2-34-24-19-16(11-17(26-24)13-6-4-3-5-7-13)21(31)20(27-22(19)32)23(33)28-25-12-14-8-9-15(29)10-18(14)30/h3-12,29-31H,2H2,1H3,(H,27,32)(H,28,33)/b25-12+. The van der Waals surface area contributed by atoms with Crippen molar-refractivity contribution < 1.29 is 24.9 Å². The Labute approximate surface area is 192 Å². The Morgan fingerprint density at radius 3 is 2.62 bits per heavy atom. The molecule has 0 saturated carbocycles. The second-order valence-corrected chi connectivity index (χ2v) is 7.15. The zero-order valence-electron chi connectivity index (χ0n) is 17.9. The van der Waals surface area contributed by atoms with Crippen LogP contribution in [-0.2, 0) is 0 Å². The highest BCUT2D eigenvalue weighted by Crippen LogP contribution is 2.33. The molecule has 0 aliphatic heterocycles. The second kappa shape index (κ2) is 9.33. The molecule has 0 bridgehead atoms. The number of hydrogen-bond acceptors (Lipinski definition) is 8. The summed E-state index contributed by atoms with van der Waals surface area (Å²) in [5.41, 5.74) is 2.52. The van der Waals surface area contributed by atoms with Crippen molar-refractivity contribution in [3.05, 3.63) is 76.2 Å². The fraction of sp³-hybridized carbons (Fsp3) is 0.0833. The number of nitrogens with one attached hydrogen (secondary N) is 2. The van der Waals surface area contributed by atoms with E-state index in [0.717, 1.165) is 17.8 Å². The number of phenolic OH excluding ortho intramolecular Hbond substituents is 2. The summed E-state index contributed by atoms with van der Waals surface area (Å²) < 4.78 is 5.54. The summed E-state index contributed by atoms with van der Waals surface area (Å²) in [6.45, 7) is 1.98. The Balaban J connectivity index is 1.75. The summed E-state index contributed by atoms with van der Waals surface area (Å²) in [6.07, 6.45) is 1.15. The van der Waals surface area contributed by atoms with Crippen LogP contribution in [0.15, 0.2) is 64.5 Å². The van der Waals surface area contributed by atoms with Gasteiger partial charge in [-0.3, -0.25) is 9.59 Å². The van der Waals surface area contributed by atoms with Gasteiger partial charge in [-0.15, -0.1) is 0 Å². The molecule has 172 valence electrons. The molecule has 0 aliphatic rings. The molecule has 10 nitrogen and oxygen atoms in total. The van der Waals surface area contributed by atoms with E-state index >= 15 is 0 Å². The minimum Gasteiger partial charge on any atom is -0.508 e. The number of rotatable bonds is 6. The molecule has 0 radical (unpaired) electrons. The van der Waals surface area contributed by atoms with Crippen LogP contribution in [0, 0.1) is 0 Å². The van der Waals surface area contributed by atoms with Crippen LogP contribution < -0.4 is 15.7 Å². The van der Waals surface area contributed by atoms with Crippen molar-refractivity contribution in [3.63, 3.8) is 0 Å². The number of hydrazone groups is 1. The summed E-state index contributed by atoms with van der Waals surface area (Å²) in [5, 5.41) is 33.8. The molecule has 2 heterocycles. The Hall–Kier alpha value is -4.86. The molecule has 1 amide bonds. The molecule has 0 atom stereocenters. The lowest BCUT2D eigenvalue weighted by molar-refractivity contribution is 0.0947. The van der Waals surface area contributed by atoms with E-state index in [1.165, 1.54) is 18.2 Å². The van der Waals surface area contributed by atoms with Crippen LogP contribution >= 0.6 is 0 Å². The van der Waals surface area contributed by atoms with Gasteiger partial charge in [0.05, 0.1) is 18.5 Å². The highest BCUT2D eigenvalue weighted by atomic mass is 16.5. The molecule has 2 aromatic carbocycles. The quantitative estimate of drug-likeness (QED) is 0.219. The number of pyridine rings is 2. The number of nitrogens with zero attached hydrogens (tertiary/aromatic N) is 2. The largest absolute Gasteiger partial charge is 0.508 e. The molecule has 0 unspecified atom stereocenters. The molecular weight excluding hydrogens is 440 g/mol. The predicted octanol–water partition coefficient (Wildman–Crippen LogP) is 2.87. The third-order valence-corrected chi connectivity index (χ3v) is 4.91. The number of aromatic hydroxyl groups is 3. The minimum atomic E-state index is -0.887. The monoisotopic (exact) mass is 460 g/mol. The third kappa shape index (κ3) is 4.37. The van der Waals surface area contributed by atoms with Crippen LogP contribution in [0.5, 0.6) is 23.1 Å². The van der Waals surface area contributed by atoms with Gasteiger partial charge in [0.25, 0.3) is 11.5 Å². The van der Waals surface area contributed by atoms with Crippen molar-refractivity contribution in [2.45, 2.75) is 6.92 Å². The first-order valence-corrected chi connectivity index (χ1v) is 10.2. The van der Waals surface area contributed by atoms with Gasteiger partial charge in [-0.1, -0.05) is 30.3 Å². The topological polar surface area (TPSA) is 157 Å². The predicted molar refractivity (Wildman–Crippen MR) is 125 cm³/mol. The van der Waals surface area contributed by atoms with Gasteiger partial charge in [0, 0.05) is 22.6 Å². The van der Waals surface area contributed by atoms with E-state index in [-0.39, 0.29) is 40.3 Å². The Bertz CT molecular complexity index is 1460. The molecule has 0 fully saturated rings. The number of amides is 1. The molecule has 0 spiro atoms. The lowest BCUT2D eigenvalue weighted by Crippen LogP contribution is -2.23. The zero-order valence-corrected chi connectivity index (χ0v) is 17.9. The Morgan fingerprint density at radius 2 is 1.91 bits per heavy atom. The van der Waals surface area contributed by atoms with Gasteiger partial charge in [-0.05, 0) is 25.1 Å². The fourth-order valence-corrected chi connectivity index (χ4v) is 3.32. The van der Waals surface area contributed by atoms with Crippen molar-refractivity contribution in [2.24, 2.45) is 5.10 Å². The van der Waals surface area contributed by atoms with E-state index in [4.69, 9.17) is 4.74 Å². The smallest absolute Gasteiger partial charge is 0.291 e. The molecule has 5 N–H and O–H groups in total. The van der Waals surface area contributed by atoms with E-state index in [2.05, 4.69) is 20.5 Å². The number of fused-ring (bicyclic) bond motifs is 1. The maximum Gasteiger partial charge on any atom is 0.291 e. The molecule has 0 aliphatic carbocycles. The van der Waals surface area contributed by atoms with E-state index in [1.54, 1.807) is 6.92 Å². The lowest BCUT2D eigenvalue weighted by atomic mass is 10.1. The number of phenols is 2. The minimum absolute atomic E-state index is 0.00750. The fourth-order valence-electron chi connectivity index (χ4n) is 3.32. The van der Waals surface area contributed by atoms with Crippen LogP contribution in [0.4, 0.5) is 0 Å². The Kier molecular flexibility index (Phi) is 6.13. The van der Waals surface area contributed by atoms with Crippen LogP contribution in [-0.4, -0.2) is 44.0 Å². The summed E-state index contributed by atoms with van der Waals surface area (Å²) in [5.74, 6) is -1.71. The number of aromatic amines is 1. The number of aromatic nitrogens is 2. The average Bonchev–Trinajstić information content (AvgIpc) is 2.83. The zero-order chi connectivity index (χ0) is 24.2. The maximum absolute atomic E-state index is 12.8. The van der Waals surface area contributed by atoms with E-state index < -0.39 is 22.9 Å². The SMILES string of the molecule is CCOc1nc(-c2ccccc2)cc2c(O)c(C(=O)N/N=C/c3ccc(O)cc3O)[nH]c(=O)c12. The van der Waals surface area contributed by atoms with Crippen LogP contribution in [0.1, 0.15) is 23.0 Å². The van der Waals surface area contributed by atoms with Crippen LogP contribution in [0.3, 0.4) is 0 Å². The van der Waals surface area contributed by atoms with Gasteiger partial charge in [-0.2, -0.15) is 5.10 Å². The summed E-state index contributed by atoms with van der Waals surface area (Å²) >= 11 is 0. The highest BCUT2D eigenvalue weighted by Gasteiger charge is 2.21. The van der Waals surface area contributed by atoms with Gasteiger partial charge in [0.2, 0.25) is 5.88 Å². The number of H-pyrrole nitrogens is 1. The molecule has 2 aromatic heterocycles. The summed E-state index contributed by atoms with van der Waals surface area (Å²) in [4.78, 5) is 32.2. The number of hydrogen-bond donors (Lipinski definition) is 5.